The van der Waals surface area contributed by atoms with Crippen molar-refractivity contribution < 1.29 is 14.1 Å². The minimum Gasteiger partial charge on any atom is -0.478 e. The first-order chi connectivity index (χ1) is 7.91. The Kier molecular flexibility index (Phi) is 4.51. The molecule has 4 N–H and O–H groups in total. The molecule has 0 amide bonds. The average Bonchev–Trinajstić information content (AvgIpc) is 2.22. The number of carboxylic acids is 1. The zero-order valence-electron chi connectivity index (χ0n) is 9.82. The summed E-state index contributed by atoms with van der Waals surface area (Å²) in [5.74, 6) is -0.528. The summed E-state index contributed by atoms with van der Waals surface area (Å²) in [4.78, 5) is 11.0. The molecule has 1 atom stereocenters. The lowest BCUT2D eigenvalue weighted by molar-refractivity contribution is 0.0698. The van der Waals surface area contributed by atoms with Crippen LogP contribution in [0.3, 0.4) is 0 Å². The third-order valence-corrected chi connectivity index (χ3v) is 3.11. The Morgan fingerprint density at radius 1 is 1.53 bits per heavy atom. The predicted octanol–water partition coefficient (Wildman–Crippen LogP) is 1.07. The molecule has 0 radical (unpaired) electrons. The number of benzene rings is 1. The van der Waals surface area contributed by atoms with Crippen LogP contribution in [0.2, 0.25) is 0 Å². The van der Waals surface area contributed by atoms with Crippen molar-refractivity contribution >= 4 is 28.1 Å². The first-order valence-electron chi connectivity index (χ1n) is 5.09. The maximum absolute atomic E-state index is 11.0. The normalized spacial score (nSPS) is 12.1. The lowest BCUT2D eigenvalue weighted by Crippen LogP contribution is -2.11. The largest absolute Gasteiger partial charge is 0.478 e. The van der Waals surface area contributed by atoms with Gasteiger partial charge in [0.15, 0.2) is 0 Å². The molecule has 94 valence electrons. The lowest BCUT2D eigenvalue weighted by atomic mass is 10.1. The fourth-order valence-corrected chi connectivity index (χ4v) is 1.81. The second kappa shape index (κ2) is 5.67. The molecule has 0 spiro atoms. The van der Waals surface area contributed by atoms with Gasteiger partial charge in [0.1, 0.15) is 0 Å². The second-order valence-corrected chi connectivity index (χ2v) is 5.32. The molecule has 0 saturated heterocycles. The number of nitrogen functional groups attached to an aromatic ring is 1. The molecule has 1 unspecified atom stereocenters. The summed E-state index contributed by atoms with van der Waals surface area (Å²) in [6.45, 7) is 2.29. The number of rotatable bonds is 5. The van der Waals surface area contributed by atoms with Gasteiger partial charge in [-0.05, 0) is 24.6 Å². The van der Waals surface area contributed by atoms with E-state index in [2.05, 4.69) is 5.32 Å². The molecule has 1 aromatic rings. The van der Waals surface area contributed by atoms with Crippen molar-refractivity contribution in [2.45, 2.75) is 6.92 Å². The van der Waals surface area contributed by atoms with Gasteiger partial charge in [-0.3, -0.25) is 4.21 Å². The quantitative estimate of drug-likeness (QED) is 0.685. The van der Waals surface area contributed by atoms with Gasteiger partial charge in [0.25, 0.3) is 0 Å². The van der Waals surface area contributed by atoms with E-state index < -0.39 is 16.8 Å². The second-order valence-electron chi connectivity index (χ2n) is 3.76. The van der Waals surface area contributed by atoms with E-state index in [9.17, 15) is 9.00 Å². The number of aryl methyl sites for hydroxylation is 1. The topological polar surface area (TPSA) is 92.4 Å². The minimum atomic E-state index is -1.05. The predicted molar refractivity (Wildman–Crippen MR) is 70.0 cm³/mol. The fraction of sp³-hybridized carbons (Fsp3) is 0.364. The number of anilines is 2. The number of carboxylic acid groups (broad SMARTS) is 1. The highest BCUT2D eigenvalue weighted by atomic mass is 32.2. The van der Waals surface area contributed by atoms with Crippen molar-refractivity contribution in [1.82, 2.24) is 0 Å². The van der Waals surface area contributed by atoms with E-state index in [0.29, 0.717) is 23.5 Å². The molecular weight excluding hydrogens is 240 g/mol. The number of aromatic carboxylic acids is 1. The van der Waals surface area contributed by atoms with Crippen molar-refractivity contribution in [2.24, 2.45) is 0 Å². The Labute approximate surface area is 102 Å². The molecule has 0 heterocycles. The first kappa shape index (κ1) is 13.5. The van der Waals surface area contributed by atoms with E-state index in [-0.39, 0.29) is 11.3 Å². The first-order valence-corrected chi connectivity index (χ1v) is 6.82. The summed E-state index contributed by atoms with van der Waals surface area (Å²) in [6.07, 6.45) is 1.62. The van der Waals surface area contributed by atoms with E-state index in [1.54, 1.807) is 19.2 Å². The van der Waals surface area contributed by atoms with Gasteiger partial charge >= 0.3 is 5.97 Å². The summed E-state index contributed by atoms with van der Waals surface area (Å²) >= 11 is 0. The van der Waals surface area contributed by atoms with Gasteiger partial charge in [0, 0.05) is 40.7 Å². The van der Waals surface area contributed by atoms with E-state index in [1.165, 1.54) is 6.07 Å². The van der Waals surface area contributed by atoms with E-state index in [4.69, 9.17) is 10.8 Å². The van der Waals surface area contributed by atoms with Crippen LogP contribution in [0.25, 0.3) is 0 Å². The number of hydrogen-bond acceptors (Lipinski definition) is 4. The number of nitrogens with two attached hydrogens (primary N) is 1. The van der Waals surface area contributed by atoms with Crippen LogP contribution in [-0.4, -0.2) is 33.8 Å². The van der Waals surface area contributed by atoms with Crippen LogP contribution in [0.5, 0.6) is 0 Å². The van der Waals surface area contributed by atoms with Crippen LogP contribution >= 0.6 is 0 Å². The van der Waals surface area contributed by atoms with Gasteiger partial charge in [-0.25, -0.2) is 4.79 Å². The monoisotopic (exact) mass is 256 g/mol. The molecule has 1 aromatic carbocycles. The zero-order chi connectivity index (χ0) is 13.0. The molecule has 0 aromatic heterocycles. The Morgan fingerprint density at radius 3 is 2.71 bits per heavy atom. The Bertz CT molecular complexity index is 460. The molecular formula is C11H16N2O3S. The van der Waals surface area contributed by atoms with Gasteiger partial charge in [-0.15, -0.1) is 0 Å². The Balaban J connectivity index is 2.87. The molecule has 6 heteroatoms. The maximum atomic E-state index is 11.0. The number of carbonyl (C=O) groups is 1. The summed E-state index contributed by atoms with van der Waals surface area (Å²) in [6, 6.07) is 3.27. The van der Waals surface area contributed by atoms with Gasteiger partial charge in [0.2, 0.25) is 0 Å². The highest BCUT2D eigenvalue weighted by Gasteiger charge is 2.11. The molecule has 0 aliphatic carbocycles. The van der Waals surface area contributed by atoms with Crippen molar-refractivity contribution in [3.63, 3.8) is 0 Å². The third-order valence-electron chi connectivity index (χ3n) is 2.34. The van der Waals surface area contributed by atoms with Crippen LogP contribution in [-0.2, 0) is 10.8 Å². The highest BCUT2D eigenvalue weighted by molar-refractivity contribution is 7.84. The van der Waals surface area contributed by atoms with Gasteiger partial charge in [-0.2, -0.15) is 0 Å². The van der Waals surface area contributed by atoms with Crippen LogP contribution in [0.15, 0.2) is 12.1 Å². The summed E-state index contributed by atoms with van der Waals surface area (Å²) < 4.78 is 10.9. The van der Waals surface area contributed by atoms with E-state index in [1.807, 2.05) is 0 Å². The molecule has 0 aliphatic heterocycles. The lowest BCUT2D eigenvalue weighted by Gasteiger charge is -2.10. The molecule has 0 aliphatic rings. The molecule has 5 nitrogen and oxygen atoms in total. The molecule has 1 rings (SSSR count). The zero-order valence-corrected chi connectivity index (χ0v) is 10.6. The molecule has 0 bridgehead atoms. The molecule has 0 fully saturated rings. The molecule has 17 heavy (non-hydrogen) atoms. The van der Waals surface area contributed by atoms with Crippen molar-refractivity contribution in [1.29, 1.82) is 0 Å². The van der Waals surface area contributed by atoms with Gasteiger partial charge in [-0.1, -0.05) is 0 Å². The standard InChI is InChI=1S/C11H16N2O3S/c1-7-5-8(13-3-4-17(2)16)6-9(10(7)12)11(14)15/h5-6,13H,3-4,12H2,1-2H3,(H,14,15). The molecule has 0 saturated carbocycles. The van der Waals surface area contributed by atoms with Crippen LogP contribution in [0, 0.1) is 6.92 Å². The van der Waals surface area contributed by atoms with Crippen LogP contribution in [0.4, 0.5) is 11.4 Å². The van der Waals surface area contributed by atoms with Crippen molar-refractivity contribution in [2.75, 3.05) is 29.6 Å². The van der Waals surface area contributed by atoms with E-state index in [0.717, 1.165) is 0 Å². The van der Waals surface area contributed by atoms with Crippen LogP contribution < -0.4 is 11.1 Å². The van der Waals surface area contributed by atoms with Crippen LogP contribution in [0.1, 0.15) is 15.9 Å². The Hall–Kier alpha value is -1.56. The summed E-state index contributed by atoms with van der Waals surface area (Å²) in [7, 11) is -0.867. The third kappa shape index (κ3) is 3.74. The Morgan fingerprint density at radius 2 is 2.18 bits per heavy atom. The summed E-state index contributed by atoms with van der Waals surface area (Å²) in [5, 5.41) is 12.0. The van der Waals surface area contributed by atoms with Crippen molar-refractivity contribution in [3.05, 3.63) is 23.3 Å². The summed E-state index contributed by atoms with van der Waals surface area (Å²) in [5.41, 5.74) is 7.43. The number of nitrogens with one attached hydrogen (secondary N) is 1. The number of hydrogen-bond donors (Lipinski definition) is 3. The van der Waals surface area contributed by atoms with E-state index >= 15 is 0 Å². The fourth-order valence-electron chi connectivity index (χ4n) is 1.42. The van der Waals surface area contributed by atoms with Crippen molar-refractivity contribution in [3.8, 4) is 0 Å². The smallest absolute Gasteiger partial charge is 0.337 e. The average molecular weight is 256 g/mol. The SMILES string of the molecule is Cc1cc(NCCS(C)=O)cc(C(=O)O)c1N. The van der Waals surface area contributed by atoms with Gasteiger partial charge in [0.05, 0.1) is 5.56 Å². The highest BCUT2D eigenvalue weighted by Crippen LogP contribution is 2.22. The maximum Gasteiger partial charge on any atom is 0.337 e. The van der Waals surface area contributed by atoms with Gasteiger partial charge < -0.3 is 16.2 Å². The minimum absolute atomic E-state index is 0.0881.